The summed E-state index contributed by atoms with van der Waals surface area (Å²) in [4.78, 5) is 6.02. The maximum absolute atomic E-state index is 12.9. The first-order chi connectivity index (χ1) is 9.29. The molecule has 20 heavy (non-hydrogen) atoms. The highest BCUT2D eigenvalue weighted by atomic mass is 32.2. The third kappa shape index (κ3) is 4.47. The van der Waals surface area contributed by atoms with Gasteiger partial charge in [-0.1, -0.05) is 0 Å². The van der Waals surface area contributed by atoms with Crippen LogP contribution in [0.1, 0.15) is 19.4 Å². The van der Waals surface area contributed by atoms with Crippen LogP contribution in [0.2, 0.25) is 0 Å². The molecule has 1 aromatic rings. The largest absolute Gasteiger partial charge is 0.416 e. The molecule has 1 heterocycles. The molecule has 0 radical (unpaired) electrons. The predicted octanol–water partition coefficient (Wildman–Crippen LogP) is 3.72. The molecule has 114 valence electrons. The summed E-state index contributed by atoms with van der Waals surface area (Å²) in [6, 6.07) is 2.24. The molecule has 7 heteroatoms. The van der Waals surface area contributed by atoms with E-state index in [1.165, 1.54) is 0 Å². The fourth-order valence-corrected chi connectivity index (χ4v) is 2.42. The first-order valence-electron chi connectivity index (χ1n) is 6.34. The molecule has 0 aliphatic carbocycles. The molecule has 1 rings (SSSR count). The second kappa shape index (κ2) is 7.06. The maximum atomic E-state index is 12.9. The van der Waals surface area contributed by atoms with Crippen molar-refractivity contribution in [3.05, 3.63) is 17.7 Å². The molecule has 0 fully saturated rings. The van der Waals surface area contributed by atoms with Crippen molar-refractivity contribution in [2.45, 2.75) is 26.1 Å². The average molecular weight is 307 g/mol. The maximum Gasteiger partial charge on any atom is 0.416 e. The molecule has 0 aromatic carbocycles. The lowest BCUT2D eigenvalue weighted by atomic mass is 10.2. The van der Waals surface area contributed by atoms with E-state index in [0.717, 1.165) is 17.9 Å². The van der Waals surface area contributed by atoms with Gasteiger partial charge in [0.05, 0.1) is 5.56 Å². The van der Waals surface area contributed by atoms with Crippen LogP contribution >= 0.6 is 11.8 Å². The minimum atomic E-state index is -4.37. The van der Waals surface area contributed by atoms with Gasteiger partial charge in [-0.3, -0.25) is 0 Å². The quantitative estimate of drug-likeness (QED) is 0.867. The monoisotopic (exact) mass is 307 g/mol. The van der Waals surface area contributed by atoms with Crippen LogP contribution in [0.4, 0.5) is 24.8 Å². The number of halogens is 3. The lowest BCUT2D eigenvalue weighted by Crippen LogP contribution is -2.32. The summed E-state index contributed by atoms with van der Waals surface area (Å²) >= 11 is 1.65. The Kier molecular flexibility index (Phi) is 5.98. The summed E-state index contributed by atoms with van der Waals surface area (Å²) in [7, 11) is 1.76. The normalized spacial score (nSPS) is 13.2. The molecule has 0 saturated heterocycles. The van der Waals surface area contributed by atoms with E-state index in [1.807, 2.05) is 20.1 Å². The topological polar surface area (TPSA) is 28.2 Å². The van der Waals surface area contributed by atoms with E-state index >= 15 is 0 Å². The summed E-state index contributed by atoms with van der Waals surface area (Å²) in [6.07, 6.45) is -2.40. The summed E-state index contributed by atoms with van der Waals surface area (Å²) in [5, 5.41) is 2.84. The first-order valence-corrected chi connectivity index (χ1v) is 7.73. The molecule has 1 aromatic heterocycles. The van der Waals surface area contributed by atoms with Gasteiger partial charge in [0.1, 0.15) is 11.6 Å². The molecular formula is C13H20F3N3S. The van der Waals surface area contributed by atoms with E-state index in [9.17, 15) is 13.2 Å². The van der Waals surface area contributed by atoms with Gasteiger partial charge in [0.15, 0.2) is 0 Å². The van der Waals surface area contributed by atoms with E-state index in [-0.39, 0.29) is 11.9 Å². The Hall–Kier alpha value is -1.11. The summed E-state index contributed by atoms with van der Waals surface area (Å²) in [5.74, 6) is 1.41. The standard InChI is InChI=1S/C13H20F3N3S/c1-5-17-11-6-10(13(14,15)16)7-12(18-11)19(3)9(2)8-20-4/h6-7,9H,5,8H2,1-4H3,(H,17,18). The van der Waals surface area contributed by atoms with Crippen LogP contribution in [0.3, 0.4) is 0 Å². The van der Waals surface area contributed by atoms with E-state index in [1.54, 1.807) is 23.7 Å². The van der Waals surface area contributed by atoms with Crippen LogP contribution < -0.4 is 10.2 Å². The van der Waals surface area contributed by atoms with Crippen LogP contribution in [0, 0.1) is 0 Å². The van der Waals surface area contributed by atoms with Crippen LogP contribution in [0.15, 0.2) is 12.1 Å². The van der Waals surface area contributed by atoms with Gasteiger partial charge in [-0.25, -0.2) is 4.98 Å². The minimum absolute atomic E-state index is 0.107. The second-order valence-corrected chi connectivity index (χ2v) is 5.45. The SMILES string of the molecule is CCNc1cc(C(F)(F)F)cc(N(C)C(C)CSC)n1. The zero-order valence-corrected chi connectivity index (χ0v) is 12.9. The van der Waals surface area contributed by atoms with Gasteiger partial charge in [-0.15, -0.1) is 0 Å². The van der Waals surface area contributed by atoms with Crippen LogP contribution in [-0.4, -0.2) is 36.6 Å². The molecule has 0 amide bonds. The summed E-state index contributed by atoms with van der Waals surface area (Å²) < 4.78 is 38.8. The number of anilines is 2. The molecule has 0 bridgehead atoms. The Morgan fingerprint density at radius 3 is 2.55 bits per heavy atom. The van der Waals surface area contributed by atoms with Crippen molar-refractivity contribution in [3.63, 3.8) is 0 Å². The number of hydrogen-bond donors (Lipinski definition) is 1. The molecule has 1 unspecified atom stereocenters. The molecule has 0 aliphatic rings. The fourth-order valence-electron chi connectivity index (χ4n) is 1.71. The zero-order valence-electron chi connectivity index (χ0n) is 12.1. The first kappa shape index (κ1) is 16.9. The van der Waals surface area contributed by atoms with Crippen molar-refractivity contribution >= 4 is 23.4 Å². The van der Waals surface area contributed by atoms with E-state index in [2.05, 4.69) is 10.3 Å². The van der Waals surface area contributed by atoms with E-state index in [4.69, 9.17) is 0 Å². The highest BCUT2D eigenvalue weighted by molar-refractivity contribution is 7.98. The van der Waals surface area contributed by atoms with Crippen molar-refractivity contribution in [1.29, 1.82) is 0 Å². The third-order valence-electron chi connectivity index (χ3n) is 2.93. The van der Waals surface area contributed by atoms with Crippen LogP contribution in [0.5, 0.6) is 0 Å². The van der Waals surface area contributed by atoms with Gasteiger partial charge in [-0.2, -0.15) is 24.9 Å². The van der Waals surface area contributed by atoms with Gasteiger partial charge in [-0.05, 0) is 32.2 Å². The fraction of sp³-hybridized carbons (Fsp3) is 0.615. The molecule has 1 N–H and O–H groups in total. The number of rotatable bonds is 6. The van der Waals surface area contributed by atoms with Crippen molar-refractivity contribution in [1.82, 2.24) is 4.98 Å². The Morgan fingerprint density at radius 2 is 2.05 bits per heavy atom. The third-order valence-corrected chi connectivity index (χ3v) is 3.74. The number of pyridine rings is 1. The van der Waals surface area contributed by atoms with Gasteiger partial charge < -0.3 is 10.2 Å². The van der Waals surface area contributed by atoms with Gasteiger partial charge in [0, 0.05) is 25.4 Å². The number of nitrogens with zero attached hydrogens (tertiary/aromatic N) is 2. The van der Waals surface area contributed by atoms with Gasteiger partial charge >= 0.3 is 6.18 Å². The smallest absolute Gasteiger partial charge is 0.370 e. The Balaban J connectivity index is 3.14. The minimum Gasteiger partial charge on any atom is -0.370 e. The number of hydrogen-bond acceptors (Lipinski definition) is 4. The lowest BCUT2D eigenvalue weighted by Gasteiger charge is -2.26. The van der Waals surface area contributed by atoms with Crippen LogP contribution in [0.25, 0.3) is 0 Å². The highest BCUT2D eigenvalue weighted by Crippen LogP contribution is 2.33. The van der Waals surface area contributed by atoms with Crippen molar-refractivity contribution in [2.75, 3.05) is 35.8 Å². The van der Waals surface area contributed by atoms with Gasteiger partial charge in [0.25, 0.3) is 0 Å². The Labute approximate surface area is 122 Å². The highest BCUT2D eigenvalue weighted by Gasteiger charge is 2.32. The number of alkyl halides is 3. The van der Waals surface area contributed by atoms with Crippen molar-refractivity contribution < 1.29 is 13.2 Å². The van der Waals surface area contributed by atoms with E-state index < -0.39 is 11.7 Å². The Bertz CT molecular complexity index is 437. The van der Waals surface area contributed by atoms with Gasteiger partial charge in [0.2, 0.25) is 0 Å². The number of thioether (sulfide) groups is 1. The predicted molar refractivity (Wildman–Crippen MR) is 79.6 cm³/mol. The average Bonchev–Trinajstić information content (AvgIpc) is 2.37. The molecule has 1 atom stereocenters. The molecule has 0 aliphatic heterocycles. The van der Waals surface area contributed by atoms with Crippen LogP contribution in [-0.2, 0) is 6.18 Å². The molecule has 3 nitrogen and oxygen atoms in total. The lowest BCUT2D eigenvalue weighted by molar-refractivity contribution is -0.137. The van der Waals surface area contributed by atoms with E-state index in [0.29, 0.717) is 12.4 Å². The second-order valence-electron chi connectivity index (χ2n) is 4.54. The van der Waals surface area contributed by atoms with Crippen molar-refractivity contribution in [3.8, 4) is 0 Å². The molecule has 0 saturated carbocycles. The Morgan fingerprint density at radius 1 is 1.40 bits per heavy atom. The summed E-state index contributed by atoms with van der Waals surface area (Å²) in [6.45, 7) is 4.31. The zero-order chi connectivity index (χ0) is 15.3. The molecule has 0 spiro atoms. The molecular weight excluding hydrogens is 287 g/mol. The number of aromatic nitrogens is 1. The number of nitrogens with one attached hydrogen (secondary N) is 1. The summed E-state index contributed by atoms with van der Waals surface area (Å²) in [5.41, 5.74) is -0.679. The van der Waals surface area contributed by atoms with Crippen molar-refractivity contribution in [2.24, 2.45) is 0 Å².